The number of amides is 2. The smallest absolute Gasteiger partial charge is 0.335 e. The van der Waals surface area contributed by atoms with E-state index in [0.717, 1.165) is 5.56 Å². The molecule has 1 fully saturated rings. The van der Waals surface area contributed by atoms with Crippen molar-refractivity contribution in [2.75, 3.05) is 18.4 Å². The van der Waals surface area contributed by atoms with E-state index in [1.54, 1.807) is 29.2 Å². The van der Waals surface area contributed by atoms with Crippen LogP contribution in [0.25, 0.3) is 0 Å². The summed E-state index contributed by atoms with van der Waals surface area (Å²) in [4.78, 5) is 37.4. The number of hydrogen-bond acceptors (Lipinski definition) is 3. The number of halogens is 1. The topological polar surface area (TPSA) is 86.7 Å². The third kappa shape index (κ3) is 5.63. The van der Waals surface area contributed by atoms with E-state index < -0.39 is 11.8 Å². The van der Waals surface area contributed by atoms with Gasteiger partial charge in [-0.05, 0) is 55.2 Å². The van der Waals surface area contributed by atoms with Gasteiger partial charge in [-0.25, -0.2) is 9.18 Å². The third-order valence-corrected chi connectivity index (χ3v) is 5.14. The van der Waals surface area contributed by atoms with Crippen LogP contribution >= 0.6 is 0 Å². The van der Waals surface area contributed by atoms with Crippen LogP contribution in [0.3, 0.4) is 0 Å². The maximum atomic E-state index is 13.2. The van der Waals surface area contributed by atoms with Crippen molar-refractivity contribution in [1.82, 2.24) is 4.90 Å². The average Bonchev–Trinajstić information content (AvgIpc) is 2.72. The van der Waals surface area contributed by atoms with E-state index in [1.807, 2.05) is 0 Å². The molecule has 0 radical (unpaired) electrons. The molecule has 0 atom stereocenters. The third-order valence-electron chi connectivity index (χ3n) is 5.14. The molecule has 2 N–H and O–H groups in total. The normalized spacial score (nSPS) is 14.4. The van der Waals surface area contributed by atoms with Gasteiger partial charge >= 0.3 is 5.97 Å². The summed E-state index contributed by atoms with van der Waals surface area (Å²) in [5, 5.41) is 11.6. The lowest BCUT2D eigenvalue weighted by Gasteiger charge is -2.31. The summed E-state index contributed by atoms with van der Waals surface area (Å²) in [6.45, 7) is 1.02. The number of rotatable bonds is 6. The molecule has 2 aromatic carbocycles. The van der Waals surface area contributed by atoms with E-state index >= 15 is 0 Å². The molecule has 2 amide bonds. The van der Waals surface area contributed by atoms with Gasteiger partial charge in [-0.2, -0.15) is 0 Å². The number of nitrogens with zero attached hydrogens (tertiary/aromatic N) is 1. The van der Waals surface area contributed by atoms with Crippen molar-refractivity contribution in [3.63, 3.8) is 0 Å². The standard InChI is InChI=1S/C22H23FN2O4/c23-18-2-1-3-19(14-18)24-21(27)16-10-12-25(13-11-16)20(26)9-6-15-4-7-17(8-5-15)22(28)29/h1-5,7-8,14,16H,6,9-13H2,(H,24,27)(H,28,29). The fourth-order valence-corrected chi connectivity index (χ4v) is 3.43. The van der Waals surface area contributed by atoms with E-state index in [0.29, 0.717) is 44.5 Å². The number of carbonyl (C=O) groups excluding carboxylic acids is 2. The first-order valence-corrected chi connectivity index (χ1v) is 9.59. The monoisotopic (exact) mass is 398 g/mol. The number of anilines is 1. The van der Waals surface area contributed by atoms with Gasteiger partial charge in [-0.1, -0.05) is 18.2 Å². The van der Waals surface area contributed by atoms with Crippen LogP contribution in [0.15, 0.2) is 48.5 Å². The zero-order valence-electron chi connectivity index (χ0n) is 15.9. The highest BCUT2D eigenvalue weighted by Crippen LogP contribution is 2.21. The van der Waals surface area contributed by atoms with Gasteiger partial charge in [-0.15, -0.1) is 0 Å². The Balaban J connectivity index is 1.44. The summed E-state index contributed by atoms with van der Waals surface area (Å²) in [6, 6.07) is 12.3. The number of carboxylic acid groups (broad SMARTS) is 1. The second-order valence-corrected chi connectivity index (χ2v) is 7.16. The summed E-state index contributed by atoms with van der Waals surface area (Å²) < 4.78 is 13.2. The summed E-state index contributed by atoms with van der Waals surface area (Å²) >= 11 is 0. The van der Waals surface area contributed by atoms with Gasteiger partial charge in [-0.3, -0.25) is 9.59 Å². The molecule has 0 unspecified atom stereocenters. The van der Waals surface area contributed by atoms with Crippen LogP contribution in [-0.2, 0) is 16.0 Å². The zero-order chi connectivity index (χ0) is 20.8. The molecule has 0 saturated carbocycles. The fourth-order valence-electron chi connectivity index (χ4n) is 3.43. The number of likely N-dealkylation sites (tertiary alicyclic amines) is 1. The summed E-state index contributed by atoms with van der Waals surface area (Å²) in [5.41, 5.74) is 1.56. The van der Waals surface area contributed by atoms with E-state index in [9.17, 15) is 18.8 Å². The molecule has 0 aromatic heterocycles. The molecule has 1 saturated heterocycles. The van der Waals surface area contributed by atoms with Crippen molar-refractivity contribution in [3.8, 4) is 0 Å². The molecule has 29 heavy (non-hydrogen) atoms. The highest BCUT2D eigenvalue weighted by Gasteiger charge is 2.27. The van der Waals surface area contributed by atoms with Gasteiger partial charge in [0.1, 0.15) is 5.82 Å². The molecule has 0 bridgehead atoms. The van der Waals surface area contributed by atoms with Crippen LogP contribution < -0.4 is 5.32 Å². The summed E-state index contributed by atoms with van der Waals surface area (Å²) in [6.07, 6.45) is 2.02. The Labute approximate surface area is 168 Å². The van der Waals surface area contributed by atoms with Gasteiger partial charge in [0.2, 0.25) is 11.8 Å². The molecular formula is C22H23FN2O4. The van der Waals surface area contributed by atoms with Gasteiger partial charge in [0, 0.05) is 31.1 Å². The minimum Gasteiger partial charge on any atom is -0.478 e. The fraction of sp³-hybridized carbons (Fsp3) is 0.318. The SMILES string of the molecule is O=C(O)c1ccc(CCC(=O)N2CCC(C(=O)Nc3cccc(F)c3)CC2)cc1. The van der Waals surface area contributed by atoms with Crippen LogP contribution in [0.5, 0.6) is 0 Å². The van der Waals surface area contributed by atoms with Gasteiger partial charge in [0.15, 0.2) is 0 Å². The Morgan fingerprint density at radius 1 is 1.07 bits per heavy atom. The Morgan fingerprint density at radius 2 is 1.76 bits per heavy atom. The van der Waals surface area contributed by atoms with Gasteiger partial charge in [0.05, 0.1) is 5.56 Å². The van der Waals surface area contributed by atoms with E-state index in [-0.39, 0.29) is 23.3 Å². The number of carboxylic acids is 1. The van der Waals surface area contributed by atoms with Crippen molar-refractivity contribution in [3.05, 3.63) is 65.5 Å². The minimum absolute atomic E-state index is 0.0244. The van der Waals surface area contributed by atoms with Crippen molar-refractivity contribution in [2.45, 2.75) is 25.7 Å². The lowest BCUT2D eigenvalue weighted by molar-refractivity contribution is -0.134. The molecule has 152 valence electrons. The first-order chi connectivity index (χ1) is 13.9. The van der Waals surface area contributed by atoms with E-state index in [2.05, 4.69) is 5.32 Å². The maximum absolute atomic E-state index is 13.2. The van der Waals surface area contributed by atoms with E-state index in [1.165, 1.54) is 24.3 Å². The van der Waals surface area contributed by atoms with Crippen LogP contribution in [0.4, 0.5) is 10.1 Å². The number of carbonyl (C=O) groups is 3. The number of piperidine rings is 1. The quantitative estimate of drug-likeness (QED) is 0.781. The largest absolute Gasteiger partial charge is 0.478 e. The van der Waals surface area contributed by atoms with Gasteiger partial charge < -0.3 is 15.3 Å². The molecule has 2 aromatic rings. The highest BCUT2D eigenvalue weighted by atomic mass is 19.1. The summed E-state index contributed by atoms with van der Waals surface area (Å²) in [5.74, 6) is -1.71. The predicted molar refractivity (Wildman–Crippen MR) is 106 cm³/mol. The Bertz CT molecular complexity index is 890. The second kappa shape index (κ2) is 9.32. The molecule has 6 nitrogen and oxygen atoms in total. The highest BCUT2D eigenvalue weighted by molar-refractivity contribution is 5.92. The average molecular weight is 398 g/mol. The minimum atomic E-state index is -0.975. The van der Waals surface area contributed by atoms with Crippen LogP contribution in [0.1, 0.15) is 35.2 Å². The number of aromatic carboxylic acids is 1. The second-order valence-electron chi connectivity index (χ2n) is 7.16. The molecular weight excluding hydrogens is 375 g/mol. The van der Waals surface area contributed by atoms with Crippen LogP contribution in [0, 0.1) is 11.7 Å². The zero-order valence-corrected chi connectivity index (χ0v) is 15.9. The molecule has 3 rings (SSSR count). The van der Waals surface area contributed by atoms with Crippen molar-refractivity contribution in [1.29, 1.82) is 0 Å². The number of nitrogens with one attached hydrogen (secondary N) is 1. The molecule has 0 aliphatic carbocycles. The maximum Gasteiger partial charge on any atom is 0.335 e. The molecule has 7 heteroatoms. The van der Waals surface area contributed by atoms with Crippen molar-refractivity contribution < 1.29 is 23.9 Å². The Morgan fingerprint density at radius 3 is 2.38 bits per heavy atom. The van der Waals surface area contributed by atoms with E-state index in [4.69, 9.17) is 5.11 Å². The Hall–Kier alpha value is -3.22. The van der Waals surface area contributed by atoms with Crippen molar-refractivity contribution >= 4 is 23.5 Å². The lowest BCUT2D eigenvalue weighted by atomic mass is 9.95. The lowest BCUT2D eigenvalue weighted by Crippen LogP contribution is -2.41. The van der Waals surface area contributed by atoms with Gasteiger partial charge in [0.25, 0.3) is 0 Å². The van der Waals surface area contributed by atoms with Crippen LogP contribution in [0.2, 0.25) is 0 Å². The first kappa shape index (κ1) is 20.5. The Kier molecular flexibility index (Phi) is 6.59. The number of hydrogen-bond donors (Lipinski definition) is 2. The molecule has 1 aliphatic rings. The number of benzene rings is 2. The summed E-state index contributed by atoms with van der Waals surface area (Å²) in [7, 11) is 0. The molecule has 0 spiro atoms. The number of aryl methyl sites for hydroxylation is 1. The van der Waals surface area contributed by atoms with Crippen molar-refractivity contribution in [2.24, 2.45) is 5.92 Å². The van der Waals surface area contributed by atoms with Crippen LogP contribution in [-0.4, -0.2) is 40.9 Å². The molecule has 1 aliphatic heterocycles. The first-order valence-electron chi connectivity index (χ1n) is 9.59. The molecule has 1 heterocycles. The predicted octanol–water partition coefficient (Wildman–Crippen LogP) is 3.33.